The molecule has 2 N–H and O–H groups in total. The van der Waals surface area contributed by atoms with Crippen molar-refractivity contribution in [3.63, 3.8) is 0 Å². The highest BCUT2D eigenvalue weighted by molar-refractivity contribution is 5.73. The third-order valence-corrected chi connectivity index (χ3v) is 2.30. The van der Waals surface area contributed by atoms with Crippen molar-refractivity contribution in [3.8, 4) is 0 Å². The van der Waals surface area contributed by atoms with E-state index in [0.717, 1.165) is 45.2 Å². The molecule has 0 bridgehead atoms. The minimum atomic E-state index is 0.00690. The second-order valence-corrected chi connectivity index (χ2v) is 3.79. The molecule has 0 saturated carbocycles. The molecule has 0 aliphatic rings. The molecule has 0 rings (SSSR count). The fraction of sp³-hybridized carbons (Fsp3) is 0.909. The van der Waals surface area contributed by atoms with Gasteiger partial charge in [0.25, 0.3) is 0 Å². The molecule has 4 nitrogen and oxygen atoms in total. The first-order chi connectivity index (χ1) is 7.22. The smallest absolute Gasteiger partial charge is 0.317 e. The Hall–Kier alpha value is -0.770. The summed E-state index contributed by atoms with van der Waals surface area (Å²) in [6, 6.07) is 0.00690. The van der Waals surface area contributed by atoms with Gasteiger partial charge in [-0.2, -0.15) is 0 Å². The van der Waals surface area contributed by atoms with Crippen LogP contribution >= 0.6 is 0 Å². The third kappa shape index (κ3) is 8.24. The molecule has 0 aliphatic carbocycles. The summed E-state index contributed by atoms with van der Waals surface area (Å²) in [6.07, 6.45) is 4.89. The molecule has 0 aromatic carbocycles. The topological polar surface area (TPSA) is 52.6 Å². The zero-order valence-electron chi connectivity index (χ0n) is 9.96. The highest BCUT2D eigenvalue weighted by Gasteiger charge is 2.05. The number of rotatable bonds is 8. The largest absolute Gasteiger partial charge is 0.396 e. The van der Waals surface area contributed by atoms with Gasteiger partial charge in [-0.05, 0) is 25.7 Å². The van der Waals surface area contributed by atoms with Crippen LogP contribution in [0.1, 0.15) is 39.0 Å². The highest BCUT2D eigenvalue weighted by atomic mass is 16.2. The van der Waals surface area contributed by atoms with Crippen LogP contribution in [0.4, 0.5) is 4.79 Å². The maximum Gasteiger partial charge on any atom is 0.317 e. The summed E-state index contributed by atoms with van der Waals surface area (Å²) < 4.78 is 0. The van der Waals surface area contributed by atoms with Crippen LogP contribution in [-0.4, -0.2) is 42.8 Å². The van der Waals surface area contributed by atoms with Gasteiger partial charge in [0.1, 0.15) is 0 Å². The van der Waals surface area contributed by atoms with Gasteiger partial charge in [0, 0.05) is 26.7 Å². The van der Waals surface area contributed by atoms with E-state index < -0.39 is 0 Å². The van der Waals surface area contributed by atoms with Gasteiger partial charge in [-0.1, -0.05) is 13.3 Å². The lowest BCUT2D eigenvalue weighted by molar-refractivity contribution is 0.207. The molecule has 0 fully saturated rings. The van der Waals surface area contributed by atoms with Crippen LogP contribution in [0.15, 0.2) is 0 Å². The van der Waals surface area contributed by atoms with Crippen LogP contribution in [0.25, 0.3) is 0 Å². The van der Waals surface area contributed by atoms with Gasteiger partial charge in [0.2, 0.25) is 0 Å². The van der Waals surface area contributed by atoms with Gasteiger partial charge >= 0.3 is 6.03 Å². The average molecular weight is 216 g/mol. The number of urea groups is 1. The van der Waals surface area contributed by atoms with Gasteiger partial charge in [-0.25, -0.2) is 4.79 Å². The normalized spacial score (nSPS) is 10.1. The lowest BCUT2D eigenvalue weighted by Crippen LogP contribution is -2.38. The first-order valence-electron chi connectivity index (χ1n) is 5.82. The van der Waals surface area contributed by atoms with Crippen molar-refractivity contribution in [1.29, 1.82) is 0 Å². The lowest BCUT2D eigenvalue weighted by atomic mass is 10.2. The van der Waals surface area contributed by atoms with E-state index in [4.69, 9.17) is 5.11 Å². The molecular formula is C11H24N2O2. The van der Waals surface area contributed by atoms with Gasteiger partial charge in [0.15, 0.2) is 0 Å². The van der Waals surface area contributed by atoms with Crippen molar-refractivity contribution in [2.75, 3.05) is 26.7 Å². The fourth-order valence-electron chi connectivity index (χ4n) is 1.25. The Kier molecular flexibility index (Phi) is 9.27. The van der Waals surface area contributed by atoms with Crippen LogP contribution < -0.4 is 5.32 Å². The Morgan fingerprint density at radius 1 is 1.27 bits per heavy atom. The molecule has 4 heteroatoms. The molecule has 0 unspecified atom stereocenters. The second kappa shape index (κ2) is 9.77. The van der Waals surface area contributed by atoms with Crippen LogP contribution in [0, 0.1) is 0 Å². The quantitative estimate of drug-likeness (QED) is 0.605. The van der Waals surface area contributed by atoms with E-state index >= 15 is 0 Å². The monoisotopic (exact) mass is 216 g/mol. The molecular weight excluding hydrogens is 192 g/mol. The Morgan fingerprint density at radius 3 is 2.60 bits per heavy atom. The van der Waals surface area contributed by atoms with E-state index in [9.17, 15) is 4.79 Å². The average Bonchev–Trinajstić information content (AvgIpc) is 2.24. The van der Waals surface area contributed by atoms with Gasteiger partial charge in [0.05, 0.1) is 0 Å². The standard InChI is InChI=1S/C11H24N2O2/c1-3-4-8-12-11(15)13(2)9-6-5-7-10-14/h14H,3-10H2,1-2H3,(H,12,15). The minimum Gasteiger partial charge on any atom is -0.396 e. The molecule has 90 valence electrons. The first kappa shape index (κ1) is 14.2. The highest BCUT2D eigenvalue weighted by Crippen LogP contribution is 1.97. The third-order valence-electron chi connectivity index (χ3n) is 2.30. The van der Waals surface area contributed by atoms with E-state index in [1.165, 1.54) is 0 Å². The zero-order chi connectivity index (χ0) is 11.5. The molecule has 15 heavy (non-hydrogen) atoms. The molecule has 0 aliphatic heterocycles. The summed E-state index contributed by atoms with van der Waals surface area (Å²) in [6.45, 7) is 3.87. The van der Waals surface area contributed by atoms with Crippen molar-refractivity contribution in [1.82, 2.24) is 10.2 Å². The summed E-state index contributed by atoms with van der Waals surface area (Å²) in [7, 11) is 1.81. The van der Waals surface area contributed by atoms with E-state index in [1.54, 1.807) is 11.9 Å². The van der Waals surface area contributed by atoms with Crippen molar-refractivity contribution in [2.45, 2.75) is 39.0 Å². The summed E-state index contributed by atoms with van der Waals surface area (Å²) >= 11 is 0. The Balaban J connectivity index is 3.42. The molecule has 0 radical (unpaired) electrons. The number of amides is 2. The SMILES string of the molecule is CCCCNC(=O)N(C)CCCCCO. The summed E-state index contributed by atoms with van der Waals surface area (Å²) in [5.74, 6) is 0. The predicted octanol–water partition coefficient (Wildman–Crippen LogP) is 1.59. The molecule has 0 aromatic rings. The predicted molar refractivity (Wildman–Crippen MR) is 61.9 cm³/mol. The van der Waals surface area contributed by atoms with E-state index in [-0.39, 0.29) is 12.6 Å². The number of nitrogens with zero attached hydrogens (tertiary/aromatic N) is 1. The molecule has 0 aromatic heterocycles. The Labute approximate surface area is 92.7 Å². The van der Waals surface area contributed by atoms with Crippen molar-refractivity contribution >= 4 is 6.03 Å². The number of nitrogens with one attached hydrogen (secondary N) is 1. The van der Waals surface area contributed by atoms with Crippen LogP contribution in [0.3, 0.4) is 0 Å². The van der Waals surface area contributed by atoms with Crippen molar-refractivity contribution in [3.05, 3.63) is 0 Å². The number of carbonyl (C=O) groups is 1. The molecule has 0 atom stereocenters. The summed E-state index contributed by atoms with van der Waals surface area (Å²) in [5.41, 5.74) is 0. The zero-order valence-corrected chi connectivity index (χ0v) is 9.96. The Bertz CT molecular complexity index is 163. The molecule has 0 spiro atoms. The molecule has 2 amide bonds. The maximum absolute atomic E-state index is 11.4. The molecule has 0 saturated heterocycles. The Morgan fingerprint density at radius 2 is 2.00 bits per heavy atom. The summed E-state index contributed by atoms with van der Waals surface area (Å²) in [4.78, 5) is 13.1. The lowest BCUT2D eigenvalue weighted by Gasteiger charge is -2.17. The number of hydrogen-bond acceptors (Lipinski definition) is 2. The fourth-order valence-corrected chi connectivity index (χ4v) is 1.25. The van der Waals surface area contributed by atoms with Crippen LogP contribution in [-0.2, 0) is 0 Å². The minimum absolute atomic E-state index is 0.00690. The van der Waals surface area contributed by atoms with Crippen LogP contribution in [0.5, 0.6) is 0 Å². The second-order valence-electron chi connectivity index (χ2n) is 3.79. The van der Waals surface area contributed by atoms with E-state index in [0.29, 0.717) is 0 Å². The van der Waals surface area contributed by atoms with Crippen molar-refractivity contribution < 1.29 is 9.90 Å². The summed E-state index contributed by atoms with van der Waals surface area (Å²) in [5, 5.41) is 11.5. The molecule has 0 heterocycles. The number of unbranched alkanes of at least 4 members (excludes halogenated alkanes) is 3. The maximum atomic E-state index is 11.4. The van der Waals surface area contributed by atoms with E-state index in [1.807, 2.05) is 0 Å². The number of hydrogen-bond donors (Lipinski definition) is 2. The van der Waals surface area contributed by atoms with E-state index in [2.05, 4.69) is 12.2 Å². The number of carbonyl (C=O) groups excluding carboxylic acids is 1. The number of aliphatic hydroxyl groups is 1. The van der Waals surface area contributed by atoms with Crippen LogP contribution in [0.2, 0.25) is 0 Å². The van der Waals surface area contributed by atoms with Crippen molar-refractivity contribution in [2.24, 2.45) is 0 Å². The first-order valence-corrected chi connectivity index (χ1v) is 5.82. The van der Waals surface area contributed by atoms with Gasteiger partial charge in [-0.3, -0.25) is 0 Å². The number of aliphatic hydroxyl groups excluding tert-OH is 1. The van der Waals surface area contributed by atoms with Gasteiger partial charge < -0.3 is 15.3 Å². The van der Waals surface area contributed by atoms with Gasteiger partial charge in [-0.15, -0.1) is 0 Å².